The zero-order valence-corrected chi connectivity index (χ0v) is 17.2. The number of halogens is 1. The topological polar surface area (TPSA) is 122 Å². The SMILES string of the molecule is COc1cccc(-n2c(=O)n(CC(=O)c3ccccc3F)c3c(C(N)=O)nc(C)nc32)c1. The fourth-order valence-electron chi connectivity index (χ4n) is 3.48. The highest BCUT2D eigenvalue weighted by Crippen LogP contribution is 2.22. The minimum Gasteiger partial charge on any atom is -0.497 e. The summed E-state index contributed by atoms with van der Waals surface area (Å²) >= 11 is 0. The van der Waals surface area contributed by atoms with E-state index >= 15 is 0 Å². The molecule has 0 atom stereocenters. The Morgan fingerprint density at radius 3 is 2.56 bits per heavy atom. The predicted molar refractivity (Wildman–Crippen MR) is 114 cm³/mol. The van der Waals surface area contributed by atoms with Crippen LogP contribution in [0.1, 0.15) is 26.7 Å². The Hall–Kier alpha value is -4.34. The summed E-state index contributed by atoms with van der Waals surface area (Å²) < 4.78 is 21.6. The molecule has 4 rings (SSSR count). The molecule has 9 nitrogen and oxygen atoms in total. The number of rotatable bonds is 6. The van der Waals surface area contributed by atoms with E-state index in [1.54, 1.807) is 31.2 Å². The van der Waals surface area contributed by atoms with Crippen molar-refractivity contribution in [2.45, 2.75) is 13.5 Å². The first kappa shape index (κ1) is 20.9. The zero-order chi connectivity index (χ0) is 23.0. The maximum atomic E-state index is 14.1. The molecule has 0 bridgehead atoms. The van der Waals surface area contributed by atoms with Gasteiger partial charge < -0.3 is 10.5 Å². The van der Waals surface area contributed by atoms with Crippen molar-refractivity contribution in [1.29, 1.82) is 0 Å². The Morgan fingerprint density at radius 1 is 1.12 bits per heavy atom. The van der Waals surface area contributed by atoms with Gasteiger partial charge in [-0.05, 0) is 31.2 Å². The molecule has 2 aromatic heterocycles. The van der Waals surface area contributed by atoms with Crippen LogP contribution in [0, 0.1) is 12.7 Å². The average Bonchev–Trinajstić information content (AvgIpc) is 3.04. The first-order valence-electron chi connectivity index (χ1n) is 9.53. The number of hydrogen-bond acceptors (Lipinski definition) is 6. The number of ketones is 1. The number of carbonyl (C=O) groups is 2. The van der Waals surface area contributed by atoms with E-state index in [0.717, 1.165) is 10.6 Å². The van der Waals surface area contributed by atoms with Crippen LogP contribution in [0.5, 0.6) is 5.75 Å². The lowest BCUT2D eigenvalue weighted by Gasteiger charge is -2.06. The second-order valence-electron chi connectivity index (χ2n) is 6.96. The molecular formula is C22H18FN5O4. The van der Waals surface area contributed by atoms with Gasteiger partial charge in [-0.25, -0.2) is 23.7 Å². The molecule has 0 aliphatic heterocycles. The van der Waals surface area contributed by atoms with E-state index in [9.17, 15) is 18.8 Å². The van der Waals surface area contributed by atoms with Crippen molar-refractivity contribution in [3.8, 4) is 11.4 Å². The summed E-state index contributed by atoms with van der Waals surface area (Å²) in [6, 6.07) is 12.1. The number of nitrogens with zero attached hydrogens (tertiary/aromatic N) is 4. The summed E-state index contributed by atoms with van der Waals surface area (Å²) in [6.45, 7) is 1.01. The largest absolute Gasteiger partial charge is 0.497 e. The van der Waals surface area contributed by atoms with E-state index in [2.05, 4.69) is 9.97 Å². The van der Waals surface area contributed by atoms with E-state index in [1.807, 2.05) is 0 Å². The van der Waals surface area contributed by atoms with Crippen molar-refractivity contribution < 1.29 is 18.7 Å². The van der Waals surface area contributed by atoms with Crippen molar-refractivity contribution >= 4 is 22.9 Å². The quantitative estimate of drug-likeness (QED) is 0.463. The molecule has 4 aromatic rings. The van der Waals surface area contributed by atoms with Gasteiger partial charge in [0.05, 0.1) is 24.9 Å². The smallest absolute Gasteiger partial charge is 0.335 e. The van der Waals surface area contributed by atoms with Gasteiger partial charge in [-0.15, -0.1) is 0 Å². The number of nitrogens with two attached hydrogens (primary N) is 1. The number of benzene rings is 2. The van der Waals surface area contributed by atoms with Gasteiger partial charge in [0.25, 0.3) is 5.91 Å². The molecule has 0 aliphatic carbocycles. The Bertz CT molecular complexity index is 1440. The number of methoxy groups -OCH3 is 1. The highest BCUT2D eigenvalue weighted by Gasteiger charge is 2.25. The van der Waals surface area contributed by atoms with E-state index in [4.69, 9.17) is 10.5 Å². The molecule has 2 heterocycles. The number of fused-ring (bicyclic) bond motifs is 1. The third kappa shape index (κ3) is 3.51. The van der Waals surface area contributed by atoms with Crippen molar-refractivity contribution in [2.75, 3.05) is 7.11 Å². The maximum Gasteiger partial charge on any atom is 0.335 e. The van der Waals surface area contributed by atoms with Gasteiger partial charge in [-0.1, -0.05) is 18.2 Å². The lowest BCUT2D eigenvalue weighted by atomic mass is 10.1. The predicted octanol–water partition coefficient (Wildman–Crippen LogP) is 2.02. The van der Waals surface area contributed by atoms with Crippen LogP contribution < -0.4 is 16.2 Å². The van der Waals surface area contributed by atoms with Gasteiger partial charge in [0, 0.05) is 6.07 Å². The van der Waals surface area contributed by atoms with Gasteiger partial charge >= 0.3 is 5.69 Å². The van der Waals surface area contributed by atoms with Crippen molar-refractivity contribution in [3.63, 3.8) is 0 Å². The molecule has 1 amide bonds. The highest BCUT2D eigenvalue weighted by atomic mass is 19.1. The number of Topliss-reactive ketones (excluding diaryl/α,β-unsaturated/α-hetero) is 1. The molecule has 0 aliphatic rings. The van der Waals surface area contributed by atoms with E-state index in [-0.39, 0.29) is 28.2 Å². The van der Waals surface area contributed by atoms with Gasteiger partial charge in [0.15, 0.2) is 17.1 Å². The molecule has 10 heteroatoms. The van der Waals surface area contributed by atoms with Gasteiger partial charge in [-0.3, -0.25) is 14.2 Å². The fraction of sp³-hybridized carbons (Fsp3) is 0.136. The minimum absolute atomic E-state index is 0.0133. The van der Waals surface area contributed by atoms with Crippen LogP contribution in [0.2, 0.25) is 0 Å². The number of ether oxygens (including phenoxy) is 1. The third-order valence-electron chi connectivity index (χ3n) is 4.90. The van der Waals surface area contributed by atoms with Crippen LogP contribution in [-0.2, 0) is 6.54 Å². The summed E-state index contributed by atoms with van der Waals surface area (Å²) in [5, 5.41) is 0. The molecule has 0 spiro atoms. The Kier molecular flexibility index (Phi) is 5.27. The second-order valence-corrected chi connectivity index (χ2v) is 6.96. The van der Waals surface area contributed by atoms with E-state index < -0.39 is 29.7 Å². The van der Waals surface area contributed by atoms with Crippen molar-refractivity contribution in [1.82, 2.24) is 19.1 Å². The summed E-state index contributed by atoms with van der Waals surface area (Å²) in [5.74, 6) is -1.58. The Morgan fingerprint density at radius 2 is 1.88 bits per heavy atom. The molecule has 0 saturated heterocycles. The highest BCUT2D eigenvalue weighted by molar-refractivity contribution is 6.03. The molecule has 32 heavy (non-hydrogen) atoms. The monoisotopic (exact) mass is 435 g/mol. The fourth-order valence-corrected chi connectivity index (χ4v) is 3.48. The van der Waals surface area contributed by atoms with Crippen LogP contribution in [-0.4, -0.2) is 37.9 Å². The number of hydrogen-bond donors (Lipinski definition) is 1. The molecule has 2 N–H and O–H groups in total. The number of primary amides is 1. The molecule has 162 valence electrons. The summed E-state index contributed by atoms with van der Waals surface area (Å²) in [4.78, 5) is 46.8. The number of amides is 1. The first-order chi connectivity index (χ1) is 15.3. The van der Waals surface area contributed by atoms with Crippen molar-refractivity contribution in [2.24, 2.45) is 5.73 Å². The maximum absolute atomic E-state index is 14.1. The summed E-state index contributed by atoms with van der Waals surface area (Å²) in [7, 11) is 1.48. The lowest BCUT2D eigenvalue weighted by Crippen LogP contribution is -2.27. The molecule has 0 fully saturated rings. The van der Waals surface area contributed by atoms with Crippen LogP contribution >= 0.6 is 0 Å². The summed E-state index contributed by atoms with van der Waals surface area (Å²) in [5.41, 5.74) is 4.91. The molecule has 0 radical (unpaired) electrons. The normalized spacial score (nSPS) is 11.0. The molecule has 2 aromatic carbocycles. The Balaban J connectivity index is 2.01. The standard InChI is InChI=1S/C22H18FN5O4/c1-12-25-18(20(24)30)19-21(26-12)28(13-6-5-7-14(10-13)32-2)22(31)27(19)11-17(29)15-8-3-4-9-16(15)23/h3-10H,11H2,1-2H3,(H2,24,30). The molecule has 0 saturated carbocycles. The minimum atomic E-state index is -0.893. The number of aryl methyl sites for hydroxylation is 1. The molecular weight excluding hydrogens is 417 g/mol. The third-order valence-corrected chi connectivity index (χ3v) is 4.90. The number of imidazole rings is 1. The average molecular weight is 435 g/mol. The summed E-state index contributed by atoms with van der Waals surface area (Å²) in [6.07, 6.45) is 0. The Labute approximate surface area is 180 Å². The van der Waals surface area contributed by atoms with Gasteiger partial charge in [-0.2, -0.15) is 0 Å². The van der Waals surface area contributed by atoms with E-state index in [1.165, 1.54) is 29.9 Å². The van der Waals surface area contributed by atoms with Crippen LogP contribution in [0.15, 0.2) is 53.3 Å². The second kappa shape index (κ2) is 8.06. The van der Waals surface area contributed by atoms with Crippen LogP contribution in [0.3, 0.4) is 0 Å². The first-order valence-corrected chi connectivity index (χ1v) is 9.53. The van der Waals surface area contributed by atoms with E-state index in [0.29, 0.717) is 11.4 Å². The van der Waals surface area contributed by atoms with Crippen molar-refractivity contribution in [3.05, 3.63) is 81.9 Å². The van der Waals surface area contributed by atoms with Gasteiger partial charge in [0.1, 0.15) is 22.9 Å². The zero-order valence-electron chi connectivity index (χ0n) is 17.2. The number of carbonyl (C=O) groups excluding carboxylic acids is 2. The van der Waals surface area contributed by atoms with Crippen LogP contribution in [0.25, 0.3) is 16.9 Å². The van der Waals surface area contributed by atoms with Crippen LogP contribution in [0.4, 0.5) is 4.39 Å². The molecule has 0 unspecified atom stereocenters. The lowest BCUT2D eigenvalue weighted by molar-refractivity contribution is 0.0962. The van der Waals surface area contributed by atoms with Gasteiger partial charge in [0.2, 0.25) is 0 Å². The number of aromatic nitrogens is 4.